The molecule has 2 N–H and O–H groups in total. The van der Waals surface area contributed by atoms with Crippen molar-refractivity contribution in [1.29, 1.82) is 0 Å². The van der Waals surface area contributed by atoms with E-state index in [4.69, 9.17) is 9.47 Å². The van der Waals surface area contributed by atoms with Gasteiger partial charge in [-0.1, -0.05) is 12.1 Å². The van der Waals surface area contributed by atoms with E-state index in [2.05, 4.69) is 66.8 Å². The predicted molar refractivity (Wildman–Crippen MR) is 159 cm³/mol. The highest BCUT2D eigenvalue weighted by molar-refractivity contribution is 5.88. The molecule has 40 heavy (non-hydrogen) atoms. The molecule has 1 amide bonds. The Kier molecular flexibility index (Phi) is 8.41. The van der Waals surface area contributed by atoms with Gasteiger partial charge in [0.05, 0.1) is 19.9 Å². The van der Waals surface area contributed by atoms with E-state index in [1.807, 2.05) is 36.4 Å². The molecule has 1 aliphatic rings. The van der Waals surface area contributed by atoms with E-state index in [9.17, 15) is 4.79 Å². The number of ether oxygens (including phenoxy) is 2. The monoisotopic (exact) mass is 538 g/mol. The smallest absolute Gasteiger partial charge is 0.227 e. The normalized spacial score (nSPS) is 13.5. The number of methoxy groups -OCH3 is 2. The molecule has 0 bridgehead atoms. The maximum atomic E-state index is 11.3. The van der Waals surface area contributed by atoms with Crippen molar-refractivity contribution in [3.8, 4) is 22.8 Å². The van der Waals surface area contributed by atoms with Crippen LogP contribution in [0.15, 0.2) is 79.0 Å². The molecule has 9 nitrogen and oxygen atoms in total. The Morgan fingerprint density at radius 2 is 1.50 bits per heavy atom. The zero-order chi connectivity index (χ0) is 27.9. The van der Waals surface area contributed by atoms with E-state index in [0.29, 0.717) is 5.95 Å². The van der Waals surface area contributed by atoms with Crippen molar-refractivity contribution >= 4 is 28.9 Å². The molecule has 0 aliphatic carbocycles. The first-order valence-electron chi connectivity index (χ1n) is 13.3. The van der Waals surface area contributed by atoms with Crippen molar-refractivity contribution in [2.75, 3.05) is 55.9 Å². The maximum absolute atomic E-state index is 11.3. The molecule has 4 aromatic rings. The van der Waals surface area contributed by atoms with E-state index >= 15 is 0 Å². The third-order valence-corrected chi connectivity index (χ3v) is 6.83. The molecule has 0 radical (unpaired) electrons. The minimum atomic E-state index is -0.0969. The van der Waals surface area contributed by atoms with E-state index in [1.54, 1.807) is 20.4 Å². The van der Waals surface area contributed by atoms with Crippen molar-refractivity contribution < 1.29 is 14.3 Å². The summed E-state index contributed by atoms with van der Waals surface area (Å²) in [5, 5.41) is 6.09. The standard InChI is InChI=1S/C31H34N6O3/c1-22(38)33-25-6-4-24(5-7-25)30-12-13-32-31(35-30)34-26-8-10-27(11-9-26)37-16-14-36(15-17-37)21-23-18-28(39-2)20-29(19-23)40-3/h4-13,18-20H,14-17,21H2,1-3H3,(H,33,38)(H,32,34,35). The molecule has 3 aromatic carbocycles. The number of rotatable bonds is 9. The zero-order valence-corrected chi connectivity index (χ0v) is 23.1. The fourth-order valence-electron chi connectivity index (χ4n) is 4.77. The number of piperazine rings is 1. The third-order valence-electron chi connectivity index (χ3n) is 6.83. The van der Waals surface area contributed by atoms with Gasteiger partial charge in [-0.2, -0.15) is 0 Å². The Balaban J connectivity index is 1.16. The Hall–Kier alpha value is -4.63. The van der Waals surface area contributed by atoms with E-state index in [-0.39, 0.29) is 5.91 Å². The van der Waals surface area contributed by atoms with Gasteiger partial charge in [-0.25, -0.2) is 9.97 Å². The van der Waals surface area contributed by atoms with Crippen molar-refractivity contribution in [1.82, 2.24) is 14.9 Å². The van der Waals surface area contributed by atoms with Gasteiger partial charge in [0.2, 0.25) is 11.9 Å². The summed E-state index contributed by atoms with van der Waals surface area (Å²) in [5.41, 5.74) is 5.80. The first kappa shape index (κ1) is 27.0. The summed E-state index contributed by atoms with van der Waals surface area (Å²) in [6.07, 6.45) is 1.74. The quantitative estimate of drug-likeness (QED) is 0.301. The van der Waals surface area contributed by atoms with Gasteiger partial charge < -0.3 is 25.0 Å². The second-order valence-corrected chi connectivity index (χ2v) is 9.68. The number of hydrogen-bond acceptors (Lipinski definition) is 8. The molecule has 206 valence electrons. The topological polar surface area (TPSA) is 91.9 Å². The van der Waals surface area contributed by atoms with E-state index in [1.165, 1.54) is 18.2 Å². The largest absolute Gasteiger partial charge is 0.497 e. The van der Waals surface area contributed by atoms with Crippen LogP contribution in [0.2, 0.25) is 0 Å². The molecule has 1 fully saturated rings. The lowest BCUT2D eigenvalue weighted by Crippen LogP contribution is -2.45. The highest BCUT2D eigenvalue weighted by Gasteiger charge is 2.18. The number of amides is 1. The molecule has 0 saturated carbocycles. The fourth-order valence-corrected chi connectivity index (χ4v) is 4.77. The Labute approximate surface area is 234 Å². The van der Waals surface area contributed by atoms with Crippen LogP contribution in [0.1, 0.15) is 12.5 Å². The van der Waals surface area contributed by atoms with Crippen LogP contribution < -0.4 is 25.0 Å². The van der Waals surface area contributed by atoms with Crippen LogP contribution >= 0.6 is 0 Å². The number of carbonyl (C=O) groups excluding carboxylic acids is 1. The minimum Gasteiger partial charge on any atom is -0.497 e. The van der Waals surface area contributed by atoms with Gasteiger partial charge >= 0.3 is 0 Å². The third kappa shape index (κ3) is 6.86. The minimum absolute atomic E-state index is 0.0969. The Morgan fingerprint density at radius 1 is 0.850 bits per heavy atom. The second-order valence-electron chi connectivity index (χ2n) is 9.68. The van der Waals surface area contributed by atoms with Crippen LogP contribution in [-0.4, -0.2) is 61.2 Å². The number of anilines is 4. The molecule has 5 rings (SSSR count). The molecular weight excluding hydrogens is 504 g/mol. The van der Waals surface area contributed by atoms with Crippen molar-refractivity contribution in [3.63, 3.8) is 0 Å². The van der Waals surface area contributed by atoms with Crippen LogP contribution in [0, 0.1) is 0 Å². The number of nitrogens with zero attached hydrogens (tertiary/aromatic N) is 4. The summed E-state index contributed by atoms with van der Waals surface area (Å²) in [6.45, 7) is 6.23. The summed E-state index contributed by atoms with van der Waals surface area (Å²) in [7, 11) is 3.36. The molecule has 0 spiro atoms. The molecule has 2 heterocycles. The van der Waals surface area contributed by atoms with Crippen molar-refractivity contribution in [3.05, 3.63) is 84.6 Å². The van der Waals surface area contributed by atoms with Crippen molar-refractivity contribution in [2.45, 2.75) is 13.5 Å². The van der Waals surface area contributed by atoms with Crippen LogP contribution in [-0.2, 0) is 11.3 Å². The van der Waals surface area contributed by atoms with Gasteiger partial charge in [-0.3, -0.25) is 9.69 Å². The van der Waals surface area contributed by atoms with Gasteiger partial charge in [0.25, 0.3) is 0 Å². The van der Waals surface area contributed by atoms with Gasteiger partial charge in [0.1, 0.15) is 11.5 Å². The summed E-state index contributed by atoms with van der Waals surface area (Å²) in [5.74, 6) is 2.06. The maximum Gasteiger partial charge on any atom is 0.227 e. The fraction of sp³-hybridized carbons (Fsp3) is 0.258. The summed E-state index contributed by atoms with van der Waals surface area (Å²) >= 11 is 0. The SMILES string of the molecule is COc1cc(CN2CCN(c3ccc(Nc4nccc(-c5ccc(NC(C)=O)cc5)n4)cc3)CC2)cc(OC)c1. The molecule has 1 aliphatic heterocycles. The summed E-state index contributed by atoms with van der Waals surface area (Å²) < 4.78 is 10.8. The first-order valence-corrected chi connectivity index (χ1v) is 13.3. The molecule has 1 saturated heterocycles. The Morgan fingerprint density at radius 3 is 2.12 bits per heavy atom. The highest BCUT2D eigenvalue weighted by Crippen LogP contribution is 2.26. The van der Waals surface area contributed by atoms with Crippen LogP contribution in [0.25, 0.3) is 11.3 Å². The number of benzene rings is 3. The highest BCUT2D eigenvalue weighted by atomic mass is 16.5. The lowest BCUT2D eigenvalue weighted by molar-refractivity contribution is -0.114. The van der Waals surface area contributed by atoms with Gasteiger partial charge in [0.15, 0.2) is 0 Å². The van der Waals surface area contributed by atoms with Crippen LogP contribution in [0.5, 0.6) is 11.5 Å². The van der Waals surface area contributed by atoms with Gasteiger partial charge in [-0.15, -0.1) is 0 Å². The molecular formula is C31H34N6O3. The first-order chi connectivity index (χ1) is 19.5. The van der Waals surface area contributed by atoms with Crippen LogP contribution in [0.3, 0.4) is 0 Å². The molecule has 1 aromatic heterocycles. The lowest BCUT2D eigenvalue weighted by Gasteiger charge is -2.36. The summed E-state index contributed by atoms with van der Waals surface area (Å²) in [6, 6.07) is 23.9. The predicted octanol–water partition coefficient (Wildman–Crippen LogP) is 5.19. The van der Waals surface area contributed by atoms with Crippen LogP contribution in [0.4, 0.5) is 23.0 Å². The Bertz CT molecular complexity index is 1410. The van der Waals surface area contributed by atoms with E-state index < -0.39 is 0 Å². The van der Waals surface area contributed by atoms with Crippen molar-refractivity contribution in [2.24, 2.45) is 0 Å². The average Bonchev–Trinajstić information content (AvgIpc) is 2.98. The number of nitrogens with one attached hydrogen (secondary N) is 2. The molecule has 0 atom stereocenters. The zero-order valence-electron chi connectivity index (χ0n) is 23.1. The molecule has 0 unspecified atom stereocenters. The van der Waals surface area contributed by atoms with E-state index in [0.717, 1.165) is 66.9 Å². The number of hydrogen-bond donors (Lipinski definition) is 2. The lowest BCUT2D eigenvalue weighted by atomic mass is 10.1. The number of aromatic nitrogens is 2. The summed E-state index contributed by atoms with van der Waals surface area (Å²) in [4.78, 5) is 25.2. The van der Waals surface area contributed by atoms with Gasteiger partial charge in [-0.05, 0) is 60.2 Å². The van der Waals surface area contributed by atoms with Gasteiger partial charge in [0, 0.05) is 74.5 Å². The average molecular weight is 539 g/mol. The second kappa shape index (κ2) is 12.5. The molecule has 9 heteroatoms. The number of carbonyl (C=O) groups is 1.